The number of nitrogens with zero attached hydrogens (tertiary/aromatic N) is 4. The number of aromatic nitrogens is 3. The van der Waals surface area contributed by atoms with Gasteiger partial charge in [0.2, 0.25) is 10.0 Å². The van der Waals surface area contributed by atoms with E-state index in [1.165, 1.54) is 10.4 Å². The lowest BCUT2D eigenvalue weighted by Gasteiger charge is -2.18. The average Bonchev–Trinajstić information content (AvgIpc) is 3.11. The van der Waals surface area contributed by atoms with Gasteiger partial charge in [-0.3, -0.25) is 0 Å². The fraction of sp³-hybridized carbons (Fsp3) is 0.350. The molecule has 1 aromatic heterocycles. The van der Waals surface area contributed by atoms with E-state index < -0.39 is 10.0 Å². The van der Waals surface area contributed by atoms with Crippen molar-refractivity contribution in [2.75, 3.05) is 25.0 Å². The molecule has 1 heterocycles. The number of hydrogen-bond donors (Lipinski definition) is 2. The molecule has 0 aliphatic rings. The lowest BCUT2D eigenvalue weighted by atomic mass is 10.2. The molecule has 2 N–H and O–H groups in total. The smallest absolute Gasteiger partial charge is 0.319 e. The van der Waals surface area contributed by atoms with Gasteiger partial charge in [-0.2, -0.15) is 4.31 Å². The second kappa shape index (κ2) is 9.23. The van der Waals surface area contributed by atoms with E-state index in [1.54, 1.807) is 30.7 Å². The molecule has 0 spiro atoms. The van der Waals surface area contributed by atoms with E-state index in [-0.39, 0.29) is 10.9 Å². The molecule has 3 rings (SSSR count). The molecule has 0 unspecified atom stereocenters. The van der Waals surface area contributed by atoms with Crippen LogP contribution in [0.2, 0.25) is 0 Å². The highest BCUT2D eigenvalue weighted by Crippen LogP contribution is 2.20. The first kappa shape index (κ1) is 21.7. The zero-order valence-corrected chi connectivity index (χ0v) is 18.1. The van der Waals surface area contributed by atoms with Gasteiger partial charge in [-0.15, -0.1) is 5.10 Å². The Morgan fingerprint density at radius 3 is 2.60 bits per heavy atom. The Morgan fingerprint density at radius 2 is 1.90 bits per heavy atom. The van der Waals surface area contributed by atoms with Crippen LogP contribution in [-0.4, -0.2) is 53.4 Å². The molecule has 9 nitrogen and oxygen atoms in total. The van der Waals surface area contributed by atoms with Crippen LogP contribution in [0.15, 0.2) is 47.4 Å². The molecule has 10 heteroatoms. The van der Waals surface area contributed by atoms with E-state index in [0.29, 0.717) is 37.2 Å². The lowest BCUT2D eigenvalue weighted by molar-refractivity contribution is 0.251. The molecule has 3 aromatic rings. The molecule has 0 saturated carbocycles. The summed E-state index contributed by atoms with van der Waals surface area (Å²) in [6.45, 7) is 7.11. The van der Waals surface area contributed by atoms with E-state index in [9.17, 15) is 13.2 Å². The summed E-state index contributed by atoms with van der Waals surface area (Å²) in [4.78, 5) is 12.2. The summed E-state index contributed by atoms with van der Waals surface area (Å²) >= 11 is 0. The van der Waals surface area contributed by atoms with Crippen molar-refractivity contribution in [1.82, 2.24) is 24.6 Å². The number of benzene rings is 2. The minimum Gasteiger partial charge on any atom is -0.336 e. The predicted octanol–water partition coefficient (Wildman–Crippen LogP) is 2.59. The van der Waals surface area contributed by atoms with Gasteiger partial charge in [0.15, 0.2) is 0 Å². The van der Waals surface area contributed by atoms with Crippen LogP contribution in [0.1, 0.15) is 19.4 Å². The first-order valence-corrected chi connectivity index (χ1v) is 11.2. The maximum atomic E-state index is 12.7. The third-order valence-electron chi connectivity index (χ3n) is 4.71. The van der Waals surface area contributed by atoms with Gasteiger partial charge < -0.3 is 10.6 Å². The topological polar surface area (TPSA) is 109 Å². The van der Waals surface area contributed by atoms with Crippen molar-refractivity contribution in [3.63, 3.8) is 0 Å². The molecule has 0 atom stereocenters. The summed E-state index contributed by atoms with van der Waals surface area (Å²) in [5.74, 6) is 0. The van der Waals surface area contributed by atoms with Crippen LogP contribution < -0.4 is 10.6 Å². The molecule has 0 radical (unpaired) electrons. The Balaban J connectivity index is 1.64. The monoisotopic (exact) mass is 430 g/mol. The molecular formula is C20H26N6O3S. The van der Waals surface area contributed by atoms with Gasteiger partial charge in [-0.25, -0.2) is 17.9 Å². The van der Waals surface area contributed by atoms with E-state index in [1.807, 2.05) is 31.2 Å². The second-order valence-electron chi connectivity index (χ2n) is 6.80. The summed E-state index contributed by atoms with van der Waals surface area (Å²) < 4.78 is 28.4. The second-order valence-corrected chi connectivity index (χ2v) is 8.74. The van der Waals surface area contributed by atoms with Crippen molar-refractivity contribution in [3.05, 3.63) is 48.0 Å². The van der Waals surface area contributed by atoms with Crippen LogP contribution in [0.4, 0.5) is 10.5 Å². The molecule has 2 aromatic carbocycles. The number of rotatable bonds is 8. The molecule has 160 valence electrons. The van der Waals surface area contributed by atoms with Crippen LogP contribution in [-0.2, 0) is 16.6 Å². The van der Waals surface area contributed by atoms with Crippen molar-refractivity contribution in [2.45, 2.75) is 32.2 Å². The maximum Gasteiger partial charge on any atom is 0.319 e. The van der Waals surface area contributed by atoms with Crippen LogP contribution >= 0.6 is 0 Å². The summed E-state index contributed by atoms with van der Waals surface area (Å²) in [5.41, 5.74) is 2.98. The fourth-order valence-electron chi connectivity index (χ4n) is 3.16. The number of carbonyl (C=O) groups excluding carboxylic acids is 1. The number of carbonyl (C=O) groups is 1. The molecule has 30 heavy (non-hydrogen) atoms. The molecule has 2 amide bonds. The highest BCUT2D eigenvalue weighted by Gasteiger charge is 2.22. The molecule has 0 fully saturated rings. The Labute approximate surface area is 176 Å². The summed E-state index contributed by atoms with van der Waals surface area (Å²) in [5, 5.41) is 13.7. The molecule has 0 aliphatic heterocycles. The van der Waals surface area contributed by atoms with Gasteiger partial charge in [0.05, 0.1) is 17.0 Å². The lowest BCUT2D eigenvalue weighted by Crippen LogP contribution is -2.31. The van der Waals surface area contributed by atoms with Gasteiger partial charge in [0, 0.05) is 25.3 Å². The van der Waals surface area contributed by atoms with Crippen LogP contribution in [0.25, 0.3) is 11.0 Å². The Morgan fingerprint density at radius 1 is 1.13 bits per heavy atom. The van der Waals surface area contributed by atoms with Gasteiger partial charge >= 0.3 is 6.03 Å². The standard InChI is InChI=1S/C20H26N6O3S/c1-4-25(5-2)30(28,29)17-9-10-19-18(14-17)23-24-26(19)12-11-21-20(27)22-16-8-6-7-15(3)13-16/h6-10,13-14H,4-5,11-12H2,1-3H3,(H2,21,22,27). The minimum absolute atomic E-state index is 0.196. The first-order valence-electron chi connectivity index (χ1n) is 9.80. The minimum atomic E-state index is -3.55. The molecule has 0 aliphatic carbocycles. The van der Waals surface area contributed by atoms with E-state index in [2.05, 4.69) is 20.9 Å². The maximum absolute atomic E-state index is 12.7. The van der Waals surface area contributed by atoms with Crippen molar-refractivity contribution in [1.29, 1.82) is 0 Å². The van der Waals surface area contributed by atoms with Gasteiger partial charge in [0.25, 0.3) is 0 Å². The zero-order valence-electron chi connectivity index (χ0n) is 17.3. The predicted molar refractivity (Wildman–Crippen MR) is 116 cm³/mol. The summed E-state index contributed by atoms with van der Waals surface area (Å²) in [7, 11) is -3.55. The van der Waals surface area contributed by atoms with E-state index >= 15 is 0 Å². The third kappa shape index (κ3) is 4.77. The Hall–Kier alpha value is -2.98. The van der Waals surface area contributed by atoms with Crippen LogP contribution in [0.3, 0.4) is 0 Å². The van der Waals surface area contributed by atoms with Crippen molar-refractivity contribution >= 4 is 32.8 Å². The number of nitrogens with one attached hydrogen (secondary N) is 2. The number of anilines is 1. The molecular weight excluding hydrogens is 404 g/mol. The number of aryl methyl sites for hydroxylation is 1. The number of sulfonamides is 1. The highest BCUT2D eigenvalue weighted by molar-refractivity contribution is 7.89. The third-order valence-corrected chi connectivity index (χ3v) is 6.76. The highest BCUT2D eigenvalue weighted by atomic mass is 32.2. The van der Waals surface area contributed by atoms with Gasteiger partial charge in [-0.05, 0) is 42.8 Å². The summed E-state index contributed by atoms with van der Waals surface area (Å²) in [6.07, 6.45) is 0. The zero-order chi connectivity index (χ0) is 21.7. The van der Waals surface area contributed by atoms with E-state index in [0.717, 1.165) is 11.3 Å². The average molecular weight is 431 g/mol. The number of urea groups is 1. The Kier molecular flexibility index (Phi) is 6.68. The van der Waals surface area contributed by atoms with Gasteiger partial charge in [0.1, 0.15) is 5.52 Å². The number of amides is 2. The van der Waals surface area contributed by atoms with E-state index in [4.69, 9.17) is 0 Å². The summed E-state index contributed by atoms with van der Waals surface area (Å²) in [6, 6.07) is 12.0. The number of fused-ring (bicyclic) bond motifs is 1. The van der Waals surface area contributed by atoms with Crippen LogP contribution in [0.5, 0.6) is 0 Å². The molecule has 0 saturated heterocycles. The van der Waals surface area contributed by atoms with Crippen LogP contribution in [0, 0.1) is 6.92 Å². The van der Waals surface area contributed by atoms with Gasteiger partial charge in [-0.1, -0.05) is 31.2 Å². The fourth-order valence-corrected chi connectivity index (χ4v) is 4.64. The van der Waals surface area contributed by atoms with Crippen molar-refractivity contribution in [2.24, 2.45) is 0 Å². The number of hydrogen-bond acceptors (Lipinski definition) is 5. The normalized spacial score (nSPS) is 11.7. The molecule has 0 bridgehead atoms. The largest absolute Gasteiger partial charge is 0.336 e. The quantitative estimate of drug-likeness (QED) is 0.571. The van der Waals surface area contributed by atoms with Crippen molar-refractivity contribution < 1.29 is 13.2 Å². The first-order chi connectivity index (χ1) is 14.3. The van der Waals surface area contributed by atoms with Crippen molar-refractivity contribution in [3.8, 4) is 0 Å². The Bertz CT molecular complexity index is 1140. The SMILES string of the molecule is CCN(CC)S(=O)(=O)c1ccc2c(c1)nnn2CCNC(=O)Nc1cccc(C)c1.